The van der Waals surface area contributed by atoms with E-state index in [1.54, 1.807) is 6.07 Å². The standard InChI is InChI=1S/C10H14N4O/c1-7(15)13-6-8-4-2-3-5-9(8)14-10(11)12/h2-5H,6H2,1H3,(H,13,15)(H4,11,12,14). The molecule has 0 bridgehead atoms. The van der Waals surface area contributed by atoms with E-state index in [1.165, 1.54) is 6.92 Å². The predicted molar refractivity (Wildman–Crippen MR) is 59.4 cm³/mol. The Morgan fingerprint density at radius 3 is 2.67 bits per heavy atom. The summed E-state index contributed by atoms with van der Waals surface area (Å²) in [6.07, 6.45) is 0. The van der Waals surface area contributed by atoms with Crippen molar-refractivity contribution in [3.8, 4) is 0 Å². The van der Waals surface area contributed by atoms with Gasteiger partial charge in [-0.05, 0) is 11.6 Å². The van der Waals surface area contributed by atoms with Crippen molar-refractivity contribution in [2.75, 3.05) is 0 Å². The van der Waals surface area contributed by atoms with Crippen LogP contribution in [0.2, 0.25) is 0 Å². The number of nitrogens with zero attached hydrogens (tertiary/aromatic N) is 1. The Hall–Kier alpha value is -2.04. The molecule has 1 aromatic rings. The number of nitrogens with two attached hydrogens (primary N) is 2. The molecule has 0 aliphatic heterocycles. The first-order chi connectivity index (χ1) is 7.09. The zero-order valence-corrected chi connectivity index (χ0v) is 8.53. The highest BCUT2D eigenvalue weighted by molar-refractivity contribution is 5.79. The van der Waals surface area contributed by atoms with Crippen LogP contribution >= 0.6 is 0 Å². The van der Waals surface area contributed by atoms with Gasteiger partial charge in [0.25, 0.3) is 0 Å². The molecule has 0 saturated heterocycles. The SMILES string of the molecule is CC(=O)NCc1ccccc1N=C(N)N. The molecule has 15 heavy (non-hydrogen) atoms. The quantitative estimate of drug-likeness (QED) is 0.488. The topological polar surface area (TPSA) is 93.5 Å². The Balaban J connectivity index is 2.86. The number of guanidine groups is 1. The summed E-state index contributed by atoms with van der Waals surface area (Å²) in [5, 5.41) is 2.69. The van der Waals surface area contributed by atoms with Gasteiger partial charge in [-0.15, -0.1) is 0 Å². The summed E-state index contributed by atoms with van der Waals surface area (Å²) >= 11 is 0. The molecule has 0 atom stereocenters. The Morgan fingerprint density at radius 1 is 1.40 bits per heavy atom. The number of carbonyl (C=O) groups excluding carboxylic acids is 1. The maximum absolute atomic E-state index is 10.8. The largest absolute Gasteiger partial charge is 0.370 e. The lowest BCUT2D eigenvalue weighted by atomic mass is 10.2. The van der Waals surface area contributed by atoms with Gasteiger partial charge in [-0.3, -0.25) is 4.79 Å². The number of carbonyl (C=O) groups is 1. The number of nitrogens with one attached hydrogen (secondary N) is 1. The third kappa shape index (κ3) is 3.68. The van der Waals surface area contributed by atoms with E-state index in [2.05, 4.69) is 10.3 Å². The first kappa shape index (κ1) is 11.0. The molecule has 0 fully saturated rings. The molecule has 1 aromatic carbocycles. The van der Waals surface area contributed by atoms with Crippen molar-refractivity contribution in [2.45, 2.75) is 13.5 Å². The minimum atomic E-state index is -0.0884. The van der Waals surface area contributed by atoms with Crippen molar-refractivity contribution in [2.24, 2.45) is 16.5 Å². The lowest BCUT2D eigenvalue weighted by Gasteiger charge is -2.05. The van der Waals surface area contributed by atoms with Gasteiger partial charge in [0.15, 0.2) is 5.96 Å². The number of hydrogen-bond donors (Lipinski definition) is 3. The zero-order valence-electron chi connectivity index (χ0n) is 8.53. The molecule has 0 aromatic heterocycles. The van der Waals surface area contributed by atoms with Gasteiger partial charge in [-0.2, -0.15) is 0 Å². The van der Waals surface area contributed by atoms with Gasteiger partial charge in [0, 0.05) is 13.5 Å². The van der Waals surface area contributed by atoms with E-state index in [9.17, 15) is 4.79 Å². The smallest absolute Gasteiger partial charge is 0.217 e. The molecule has 1 rings (SSSR count). The lowest BCUT2D eigenvalue weighted by Crippen LogP contribution is -2.22. The second kappa shape index (κ2) is 4.99. The highest BCUT2D eigenvalue weighted by atomic mass is 16.1. The average molecular weight is 206 g/mol. The Bertz CT molecular complexity index is 383. The van der Waals surface area contributed by atoms with E-state index in [-0.39, 0.29) is 11.9 Å². The van der Waals surface area contributed by atoms with Crippen molar-refractivity contribution in [3.05, 3.63) is 29.8 Å². The third-order valence-electron chi connectivity index (χ3n) is 1.77. The molecule has 1 amide bonds. The molecule has 0 radical (unpaired) electrons. The first-order valence-electron chi connectivity index (χ1n) is 4.51. The highest BCUT2D eigenvalue weighted by Crippen LogP contribution is 2.17. The van der Waals surface area contributed by atoms with Crippen LogP contribution < -0.4 is 16.8 Å². The number of para-hydroxylation sites is 1. The summed E-state index contributed by atoms with van der Waals surface area (Å²) in [6, 6.07) is 7.34. The third-order valence-corrected chi connectivity index (χ3v) is 1.77. The molecular weight excluding hydrogens is 192 g/mol. The maximum atomic E-state index is 10.8. The van der Waals surface area contributed by atoms with Crippen LogP contribution in [0.25, 0.3) is 0 Å². The van der Waals surface area contributed by atoms with Gasteiger partial charge in [0.1, 0.15) is 0 Å². The Labute approximate surface area is 88.2 Å². The predicted octanol–water partition coefficient (Wildman–Crippen LogP) is 0.228. The van der Waals surface area contributed by atoms with E-state index < -0.39 is 0 Å². The van der Waals surface area contributed by atoms with Crippen LogP contribution in [-0.4, -0.2) is 11.9 Å². The van der Waals surface area contributed by atoms with Crippen LogP contribution in [0.4, 0.5) is 5.69 Å². The molecule has 0 aliphatic rings. The van der Waals surface area contributed by atoms with Crippen LogP contribution in [0.3, 0.4) is 0 Å². The molecule has 80 valence electrons. The van der Waals surface area contributed by atoms with Crippen molar-refractivity contribution in [1.82, 2.24) is 5.32 Å². The minimum Gasteiger partial charge on any atom is -0.370 e. The fourth-order valence-corrected chi connectivity index (χ4v) is 1.13. The molecule has 0 unspecified atom stereocenters. The molecule has 5 N–H and O–H groups in total. The van der Waals surface area contributed by atoms with Crippen LogP contribution in [-0.2, 0) is 11.3 Å². The van der Waals surface area contributed by atoms with E-state index in [4.69, 9.17) is 11.5 Å². The Kier molecular flexibility index (Phi) is 3.68. The fourth-order valence-electron chi connectivity index (χ4n) is 1.13. The zero-order chi connectivity index (χ0) is 11.3. The summed E-state index contributed by atoms with van der Waals surface area (Å²) in [5.74, 6) is -0.0835. The Morgan fingerprint density at radius 2 is 2.07 bits per heavy atom. The van der Waals surface area contributed by atoms with Crippen molar-refractivity contribution in [3.63, 3.8) is 0 Å². The van der Waals surface area contributed by atoms with E-state index >= 15 is 0 Å². The van der Waals surface area contributed by atoms with E-state index in [0.29, 0.717) is 12.2 Å². The number of amides is 1. The fraction of sp³-hybridized carbons (Fsp3) is 0.200. The molecule has 0 spiro atoms. The summed E-state index contributed by atoms with van der Waals surface area (Å²) in [7, 11) is 0. The number of rotatable bonds is 3. The number of hydrogen-bond acceptors (Lipinski definition) is 2. The van der Waals surface area contributed by atoms with Gasteiger partial charge in [0.05, 0.1) is 5.69 Å². The van der Waals surface area contributed by atoms with Gasteiger partial charge < -0.3 is 16.8 Å². The van der Waals surface area contributed by atoms with Gasteiger partial charge in [0.2, 0.25) is 5.91 Å². The van der Waals surface area contributed by atoms with E-state index in [0.717, 1.165) is 5.56 Å². The summed E-state index contributed by atoms with van der Waals surface area (Å²) in [5.41, 5.74) is 12.1. The average Bonchev–Trinajstić information content (AvgIpc) is 2.15. The van der Waals surface area contributed by atoms with Crippen LogP contribution in [0.1, 0.15) is 12.5 Å². The molecular formula is C10H14N4O. The van der Waals surface area contributed by atoms with Crippen molar-refractivity contribution < 1.29 is 4.79 Å². The molecule has 5 nitrogen and oxygen atoms in total. The van der Waals surface area contributed by atoms with Crippen LogP contribution in [0, 0.1) is 0 Å². The van der Waals surface area contributed by atoms with Crippen molar-refractivity contribution >= 4 is 17.6 Å². The van der Waals surface area contributed by atoms with Crippen LogP contribution in [0.15, 0.2) is 29.3 Å². The molecule has 0 aliphatic carbocycles. The maximum Gasteiger partial charge on any atom is 0.217 e. The summed E-state index contributed by atoms with van der Waals surface area (Å²) in [4.78, 5) is 14.7. The van der Waals surface area contributed by atoms with Gasteiger partial charge in [-0.1, -0.05) is 18.2 Å². The second-order valence-electron chi connectivity index (χ2n) is 3.08. The monoisotopic (exact) mass is 206 g/mol. The summed E-state index contributed by atoms with van der Waals surface area (Å²) in [6.45, 7) is 1.88. The minimum absolute atomic E-state index is 0.00488. The summed E-state index contributed by atoms with van der Waals surface area (Å²) < 4.78 is 0. The molecule has 5 heteroatoms. The van der Waals surface area contributed by atoms with Gasteiger partial charge in [-0.25, -0.2) is 4.99 Å². The van der Waals surface area contributed by atoms with Gasteiger partial charge >= 0.3 is 0 Å². The van der Waals surface area contributed by atoms with Crippen molar-refractivity contribution in [1.29, 1.82) is 0 Å². The number of benzene rings is 1. The number of aliphatic imine (C=N–C) groups is 1. The molecule has 0 heterocycles. The molecule has 0 saturated carbocycles. The first-order valence-corrected chi connectivity index (χ1v) is 4.51. The lowest BCUT2D eigenvalue weighted by molar-refractivity contribution is -0.119. The normalized spacial score (nSPS) is 9.40. The van der Waals surface area contributed by atoms with E-state index in [1.807, 2.05) is 18.2 Å². The highest BCUT2D eigenvalue weighted by Gasteiger charge is 2.00. The second-order valence-corrected chi connectivity index (χ2v) is 3.08. The van der Waals surface area contributed by atoms with Crippen LogP contribution in [0.5, 0.6) is 0 Å².